The molecular weight excluding hydrogens is 232 g/mol. The first-order valence-electron chi connectivity index (χ1n) is 6.45. The molecule has 0 spiro atoms. The summed E-state index contributed by atoms with van der Waals surface area (Å²) in [7, 11) is 0. The van der Waals surface area contributed by atoms with Crippen molar-refractivity contribution in [1.82, 2.24) is 9.55 Å². The van der Waals surface area contributed by atoms with Crippen LogP contribution in [0.3, 0.4) is 0 Å². The van der Waals surface area contributed by atoms with Crippen molar-refractivity contribution in [3.8, 4) is 5.88 Å². The van der Waals surface area contributed by atoms with E-state index in [1.165, 1.54) is 4.57 Å². The average molecular weight is 252 g/mol. The highest BCUT2D eigenvalue weighted by atomic mass is 16.3. The summed E-state index contributed by atoms with van der Waals surface area (Å²) in [5, 5.41) is 10.2. The van der Waals surface area contributed by atoms with Crippen LogP contribution in [0.25, 0.3) is 0 Å². The zero-order chi connectivity index (χ0) is 13.5. The molecule has 0 aliphatic heterocycles. The molecule has 1 atom stereocenters. The van der Waals surface area contributed by atoms with Crippen LogP contribution in [0.5, 0.6) is 5.88 Å². The molecule has 1 aliphatic rings. The predicted octanol–water partition coefficient (Wildman–Crippen LogP) is 1.56. The Bertz CT molecular complexity index is 569. The Hall–Kier alpha value is -1.52. The van der Waals surface area contributed by atoms with Crippen molar-refractivity contribution in [2.75, 3.05) is 0 Å². The normalized spacial score (nSPS) is 22.3. The Morgan fingerprint density at radius 1 is 1.44 bits per heavy atom. The molecule has 0 saturated heterocycles. The number of hydrogen-bond donors (Lipinski definition) is 2. The summed E-state index contributed by atoms with van der Waals surface area (Å²) in [6, 6.07) is -0.0489. The van der Waals surface area contributed by atoms with E-state index in [4.69, 9.17) is 0 Å². The van der Waals surface area contributed by atoms with Crippen LogP contribution in [0.1, 0.15) is 51.6 Å². The van der Waals surface area contributed by atoms with Gasteiger partial charge in [-0.1, -0.05) is 27.2 Å². The van der Waals surface area contributed by atoms with Gasteiger partial charge in [0.2, 0.25) is 5.88 Å². The molecule has 2 N–H and O–H groups in total. The number of aromatic amines is 1. The maximum absolute atomic E-state index is 12.0. The van der Waals surface area contributed by atoms with E-state index >= 15 is 0 Å². The van der Waals surface area contributed by atoms with Gasteiger partial charge in [-0.25, -0.2) is 4.79 Å². The molecule has 1 unspecified atom stereocenters. The summed E-state index contributed by atoms with van der Waals surface area (Å²) in [6.45, 7) is 5.97. The van der Waals surface area contributed by atoms with E-state index < -0.39 is 11.2 Å². The molecule has 18 heavy (non-hydrogen) atoms. The number of nitrogens with one attached hydrogen (secondary N) is 1. The Morgan fingerprint density at radius 3 is 2.61 bits per heavy atom. The minimum absolute atomic E-state index is 0.0371. The van der Waals surface area contributed by atoms with E-state index in [1.54, 1.807) is 6.92 Å². The Kier molecular flexibility index (Phi) is 3.09. The molecular formula is C13H20N2O3. The van der Waals surface area contributed by atoms with Crippen molar-refractivity contribution in [2.24, 2.45) is 5.41 Å². The van der Waals surface area contributed by atoms with Crippen molar-refractivity contribution in [3.05, 3.63) is 26.4 Å². The van der Waals surface area contributed by atoms with Gasteiger partial charge in [0.25, 0.3) is 5.56 Å². The standard InChI is InChI=1S/C13H20N2O3/c1-4-8-10(16)14-12(18)15(11(8)17)9-6-5-7-13(9,2)3/h9,17H,4-7H2,1-3H3,(H,14,16,18). The van der Waals surface area contributed by atoms with Crippen molar-refractivity contribution in [2.45, 2.75) is 52.5 Å². The highest BCUT2D eigenvalue weighted by Gasteiger charge is 2.38. The summed E-state index contributed by atoms with van der Waals surface area (Å²) >= 11 is 0. The lowest BCUT2D eigenvalue weighted by Crippen LogP contribution is -2.37. The van der Waals surface area contributed by atoms with Gasteiger partial charge in [0, 0.05) is 6.04 Å². The molecule has 0 aromatic carbocycles. The van der Waals surface area contributed by atoms with Gasteiger partial charge in [-0.15, -0.1) is 0 Å². The minimum Gasteiger partial charge on any atom is -0.494 e. The number of aromatic nitrogens is 2. The lowest BCUT2D eigenvalue weighted by Gasteiger charge is -2.29. The van der Waals surface area contributed by atoms with Gasteiger partial charge < -0.3 is 5.11 Å². The van der Waals surface area contributed by atoms with E-state index in [0.717, 1.165) is 19.3 Å². The number of rotatable bonds is 2. The molecule has 1 heterocycles. The summed E-state index contributed by atoms with van der Waals surface area (Å²) < 4.78 is 1.37. The van der Waals surface area contributed by atoms with Crippen LogP contribution < -0.4 is 11.2 Å². The molecule has 1 saturated carbocycles. The molecule has 0 radical (unpaired) electrons. The third kappa shape index (κ3) is 1.87. The van der Waals surface area contributed by atoms with Gasteiger partial charge in [0.05, 0.1) is 5.56 Å². The van der Waals surface area contributed by atoms with Crippen LogP contribution in [-0.2, 0) is 6.42 Å². The maximum atomic E-state index is 12.0. The molecule has 1 aromatic rings. The fourth-order valence-corrected chi connectivity index (χ4v) is 2.97. The first-order chi connectivity index (χ1) is 8.38. The van der Waals surface area contributed by atoms with Gasteiger partial charge in [-0.3, -0.25) is 14.3 Å². The van der Waals surface area contributed by atoms with Gasteiger partial charge in [0.1, 0.15) is 0 Å². The second-order valence-corrected chi connectivity index (χ2v) is 5.68. The van der Waals surface area contributed by atoms with Crippen LogP contribution in [-0.4, -0.2) is 14.7 Å². The molecule has 1 aromatic heterocycles. The topological polar surface area (TPSA) is 75.1 Å². The lowest BCUT2D eigenvalue weighted by atomic mass is 9.87. The zero-order valence-corrected chi connectivity index (χ0v) is 11.1. The van der Waals surface area contributed by atoms with Gasteiger partial charge in [-0.2, -0.15) is 0 Å². The molecule has 5 heteroatoms. The quantitative estimate of drug-likeness (QED) is 0.838. The van der Waals surface area contributed by atoms with E-state index in [2.05, 4.69) is 18.8 Å². The fraction of sp³-hybridized carbons (Fsp3) is 0.692. The SMILES string of the molecule is CCc1c(O)n(C2CCCC2(C)C)c(=O)[nH]c1=O. The first-order valence-corrected chi connectivity index (χ1v) is 6.45. The van der Waals surface area contributed by atoms with E-state index in [1.807, 2.05) is 0 Å². The Labute approximate surface area is 105 Å². The molecule has 1 aliphatic carbocycles. The van der Waals surface area contributed by atoms with Gasteiger partial charge in [-0.05, 0) is 24.7 Å². The summed E-state index contributed by atoms with van der Waals surface area (Å²) in [4.78, 5) is 25.8. The van der Waals surface area contributed by atoms with Crippen molar-refractivity contribution < 1.29 is 5.11 Å². The third-order valence-corrected chi connectivity index (χ3v) is 4.08. The van der Waals surface area contributed by atoms with Crippen LogP contribution >= 0.6 is 0 Å². The number of nitrogens with zero attached hydrogens (tertiary/aromatic N) is 1. The molecule has 5 nitrogen and oxygen atoms in total. The third-order valence-electron chi connectivity index (χ3n) is 4.08. The predicted molar refractivity (Wildman–Crippen MR) is 69.0 cm³/mol. The molecule has 1 fully saturated rings. The Balaban J connectivity index is 2.65. The lowest BCUT2D eigenvalue weighted by molar-refractivity contribution is 0.229. The number of H-pyrrole nitrogens is 1. The fourth-order valence-electron chi connectivity index (χ4n) is 2.97. The van der Waals surface area contributed by atoms with Crippen LogP contribution in [0.4, 0.5) is 0 Å². The van der Waals surface area contributed by atoms with Crippen molar-refractivity contribution >= 4 is 0 Å². The van der Waals surface area contributed by atoms with Crippen LogP contribution in [0, 0.1) is 5.41 Å². The van der Waals surface area contributed by atoms with E-state index in [-0.39, 0.29) is 22.9 Å². The number of aromatic hydroxyl groups is 1. The highest BCUT2D eigenvalue weighted by Crippen LogP contribution is 2.46. The summed E-state index contributed by atoms with van der Waals surface area (Å²) in [6.07, 6.45) is 3.32. The zero-order valence-electron chi connectivity index (χ0n) is 11.1. The largest absolute Gasteiger partial charge is 0.494 e. The average Bonchev–Trinajstić information content (AvgIpc) is 2.59. The molecule has 0 bridgehead atoms. The molecule has 2 rings (SSSR count). The second kappa shape index (κ2) is 4.30. The maximum Gasteiger partial charge on any atom is 0.331 e. The van der Waals surface area contributed by atoms with Gasteiger partial charge in [0.15, 0.2) is 0 Å². The van der Waals surface area contributed by atoms with Crippen LogP contribution in [0.2, 0.25) is 0 Å². The van der Waals surface area contributed by atoms with E-state index in [0.29, 0.717) is 6.42 Å². The first kappa shape index (κ1) is 12.9. The van der Waals surface area contributed by atoms with E-state index in [9.17, 15) is 14.7 Å². The van der Waals surface area contributed by atoms with Crippen molar-refractivity contribution in [3.63, 3.8) is 0 Å². The monoisotopic (exact) mass is 252 g/mol. The smallest absolute Gasteiger partial charge is 0.331 e. The van der Waals surface area contributed by atoms with Crippen molar-refractivity contribution in [1.29, 1.82) is 0 Å². The molecule has 0 amide bonds. The summed E-state index contributed by atoms with van der Waals surface area (Å²) in [5.74, 6) is -0.161. The molecule has 100 valence electrons. The van der Waals surface area contributed by atoms with Gasteiger partial charge >= 0.3 is 5.69 Å². The number of hydrogen-bond acceptors (Lipinski definition) is 3. The highest BCUT2D eigenvalue weighted by molar-refractivity contribution is 5.23. The summed E-state index contributed by atoms with van der Waals surface area (Å²) in [5.41, 5.74) is -0.732. The minimum atomic E-state index is -0.505. The Morgan fingerprint density at radius 2 is 2.11 bits per heavy atom. The van der Waals surface area contributed by atoms with Crippen LogP contribution in [0.15, 0.2) is 9.59 Å². The second-order valence-electron chi connectivity index (χ2n) is 5.68.